The molecule has 0 spiro atoms. The van der Waals surface area contributed by atoms with Crippen molar-refractivity contribution in [1.82, 2.24) is 15.5 Å². The van der Waals surface area contributed by atoms with Gasteiger partial charge in [0, 0.05) is 51.4 Å². The number of rotatable bonds is 17. The zero-order chi connectivity index (χ0) is 36.2. The molecule has 282 valence electrons. The number of aliphatic hydroxyl groups excluding tert-OH is 6. The van der Waals surface area contributed by atoms with Gasteiger partial charge in [0.05, 0.1) is 31.3 Å². The summed E-state index contributed by atoms with van der Waals surface area (Å²) >= 11 is 0. The van der Waals surface area contributed by atoms with Crippen LogP contribution < -0.4 is 10.6 Å². The topological polar surface area (TPSA) is 254 Å². The molecule has 0 saturated carbocycles. The van der Waals surface area contributed by atoms with Gasteiger partial charge in [-0.25, -0.2) is 0 Å². The second-order valence-electron chi connectivity index (χ2n) is 13.0. The highest BCUT2D eigenvalue weighted by atomic mass is 16.7. The molecule has 3 aliphatic heterocycles. The summed E-state index contributed by atoms with van der Waals surface area (Å²) in [5.41, 5.74) is 0. The van der Waals surface area contributed by atoms with Crippen molar-refractivity contribution in [2.45, 2.75) is 127 Å². The van der Waals surface area contributed by atoms with Gasteiger partial charge in [0.1, 0.15) is 42.4 Å². The Balaban J connectivity index is 1.54. The van der Waals surface area contributed by atoms with E-state index in [1.54, 1.807) is 4.90 Å². The van der Waals surface area contributed by atoms with Gasteiger partial charge in [0.2, 0.25) is 17.7 Å². The predicted octanol–water partition coefficient (Wildman–Crippen LogP) is -2.70. The molecule has 0 aromatic heterocycles. The highest BCUT2D eigenvalue weighted by Crippen LogP contribution is 2.28. The van der Waals surface area contributed by atoms with Crippen LogP contribution in [0.1, 0.15) is 65.7 Å². The molecule has 0 radical (unpaired) electrons. The number of aliphatic hydroxyl groups is 6. The van der Waals surface area contributed by atoms with Crippen molar-refractivity contribution in [3.05, 3.63) is 0 Å². The third-order valence-corrected chi connectivity index (χ3v) is 9.28. The van der Waals surface area contributed by atoms with Crippen molar-refractivity contribution in [2.24, 2.45) is 11.8 Å². The van der Waals surface area contributed by atoms with E-state index in [-0.39, 0.29) is 76.1 Å². The molecule has 17 heteroatoms. The number of ether oxygens (including phenoxy) is 4. The minimum Gasteiger partial charge on any atom is -0.388 e. The fourth-order valence-electron chi connectivity index (χ4n) is 6.24. The van der Waals surface area contributed by atoms with Crippen LogP contribution in [0, 0.1) is 11.8 Å². The van der Waals surface area contributed by atoms with Crippen molar-refractivity contribution >= 4 is 23.5 Å². The Morgan fingerprint density at radius 1 is 0.714 bits per heavy atom. The molecule has 8 N–H and O–H groups in total. The number of nitrogens with one attached hydrogen (secondary N) is 2. The molecule has 3 aliphatic rings. The van der Waals surface area contributed by atoms with Crippen molar-refractivity contribution < 1.29 is 68.8 Å². The summed E-state index contributed by atoms with van der Waals surface area (Å²) in [7, 11) is 0. The summed E-state index contributed by atoms with van der Waals surface area (Å²) in [5.74, 6) is -2.49. The lowest BCUT2D eigenvalue weighted by Gasteiger charge is -2.39. The molecule has 3 fully saturated rings. The lowest BCUT2D eigenvalue weighted by molar-refractivity contribution is -0.293. The molecule has 3 heterocycles. The summed E-state index contributed by atoms with van der Waals surface area (Å²) in [4.78, 5) is 53.2. The number of carbonyl (C=O) groups excluding carboxylic acids is 4. The monoisotopic (exact) mass is 705 g/mol. The molecule has 0 unspecified atom stereocenters. The summed E-state index contributed by atoms with van der Waals surface area (Å²) in [6, 6.07) is 0. The lowest BCUT2D eigenvalue weighted by atomic mass is 9.80. The van der Waals surface area contributed by atoms with Crippen LogP contribution in [0.5, 0.6) is 0 Å². The van der Waals surface area contributed by atoms with Gasteiger partial charge in [-0.3, -0.25) is 19.2 Å². The van der Waals surface area contributed by atoms with Crippen molar-refractivity contribution in [3.63, 3.8) is 0 Å². The van der Waals surface area contributed by atoms with E-state index in [0.29, 0.717) is 25.8 Å². The van der Waals surface area contributed by atoms with E-state index in [0.717, 1.165) is 0 Å². The van der Waals surface area contributed by atoms with E-state index in [2.05, 4.69) is 10.6 Å². The van der Waals surface area contributed by atoms with Gasteiger partial charge in [-0.1, -0.05) is 0 Å². The standard InChI is InChI=1S/C32H55N3O14/c1-4-33-22(37)9-5-6-10-23(38)35-13-11-19(30(45)34-12-15-47-32-29(44)27(42)25(40)18(3)49-32)20(16-35)21(36)8-7-14-46-31-28(43)26(41)24(39)17(2)48-31/h17-20,24-29,31-32,39-44H,4-16H2,1-3H3,(H,33,37)(H,34,45)/t17-,18-,19+,20-,24+,25+,26+,27+,28-,29-,31+,32+/m0/s1. The number of likely N-dealkylation sites (tertiary alicyclic amines) is 1. The molecule has 3 saturated heterocycles. The van der Waals surface area contributed by atoms with Gasteiger partial charge >= 0.3 is 0 Å². The Hall–Kier alpha value is -2.32. The average molecular weight is 706 g/mol. The highest BCUT2D eigenvalue weighted by molar-refractivity contribution is 5.90. The number of amides is 3. The van der Waals surface area contributed by atoms with Gasteiger partial charge in [0.25, 0.3) is 0 Å². The number of unbranched alkanes of at least 4 members (excludes halogenated alkanes) is 1. The summed E-state index contributed by atoms with van der Waals surface area (Å²) < 4.78 is 21.9. The van der Waals surface area contributed by atoms with Crippen molar-refractivity contribution in [3.8, 4) is 0 Å². The van der Waals surface area contributed by atoms with Crippen LogP contribution in [-0.4, -0.2) is 160 Å². The SMILES string of the molecule is CCNC(=O)CCCCC(=O)N1CC[C@@H](C(=O)NCCO[C@@H]2O[C@@H](C)[C@@H](O)[C@@H](O)[C@@H]2O)[C@@H](C(=O)CCCO[C@@H]2O[C@@H](C)[C@@H](O)[C@@H](O)[C@@H]2O)C1. The predicted molar refractivity (Wildman–Crippen MR) is 169 cm³/mol. The van der Waals surface area contributed by atoms with Crippen LogP contribution >= 0.6 is 0 Å². The first kappa shape index (κ1) is 41.1. The average Bonchev–Trinajstić information content (AvgIpc) is 3.08. The normalized spacial score (nSPS) is 35.1. The number of hydrogen-bond donors (Lipinski definition) is 8. The third-order valence-electron chi connectivity index (χ3n) is 9.28. The Morgan fingerprint density at radius 3 is 1.88 bits per heavy atom. The molecule has 49 heavy (non-hydrogen) atoms. The Morgan fingerprint density at radius 2 is 1.29 bits per heavy atom. The van der Waals surface area contributed by atoms with E-state index in [1.807, 2.05) is 6.92 Å². The summed E-state index contributed by atoms with van der Waals surface area (Å²) in [6.45, 7) is 5.60. The number of hydrogen-bond acceptors (Lipinski definition) is 14. The maximum Gasteiger partial charge on any atom is 0.224 e. The Labute approximate surface area is 286 Å². The third kappa shape index (κ3) is 11.6. The van der Waals surface area contributed by atoms with Crippen molar-refractivity contribution in [1.29, 1.82) is 0 Å². The Bertz CT molecular complexity index is 1080. The van der Waals surface area contributed by atoms with Crippen molar-refractivity contribution in [2.75, 3.05) is 39.4 Å². The second kappa shape index (κ2) is 19.9. The van der Waals surface area contributed by atoms with Gasteiger partial charge < -0.3 is 65.1 Å². The van der Waals surface area contributed by atoms with Crippen LogP contribution in [0.4, 0.5) is 0 Å². The highest BCUT2D eigenvalue weighted by Gasteiger charge is 2.44. The van der Waals surface area contributed by atoms with Gasteiger partial charge in [0.15, 0.2) is 12.6 Å². The molecule has 3 rings (SSSR count). The number of piperidine rings is 1. The molecular weight excluding hydrogens is 650 g/mol. The number of ketones is 1. The molecule has 12 atom stereocenters. The quantitative estimate of drug-likeness (QED) is 0.0718. The molecule has 17 nitrogen and oxygen atoms in total. The molecule has 0 bridgehead atoms. The van der Waals surface area contributed by atoms with E-state index >= 15 is 0 Å². The smallest absolute Gasteiger partial charge is 0.224 e. The first-order valence-corrected chi connectivity index (χ1v) is 17.2. The largest absolute Gasteiger partial charge is 0.388 e. The molecule has 0 aromatic rings. The lowest BCUT2D eigenvalue weighted by Crippen LogP contribution is -2.57. The van der Waals surface area contributed by atoms with Gasteiger partial charge in [-0.2, -0.15) is 0 Å². The zero-order valence-corrected chi connectivity index (χ0v) is 28.5. The number of nitrogens with zero attached hydrogens (tertiary/aromatic N) is 1. The summed E-state index contributed by atoms with van der Waals surface area (Å²) in [5, 5.41) is 65.5. The molecule has 3 amide bonds. The van der Waals surface area contributed by atoms with Crippen LogP contribution in [0.15, 0.2) is 0 Å². The fourth-order valence-corrected chi connectivity index (χ4v) is 6.24. The summed E-state index contributed by atoms with van der Waals surface area (Å²) in [6.07, 6.45) is -10.4. The van der Waals surface area contributed by atoms with E-state index in [4.69, 9.17) is 18.9 Å². The van der Waals surface area contributed by atoms with Crippen LogP contribution in [0.3, 0.4) is 0 Å². The minimum atomic E-state index is -1.49. The Kier molecular flexibility index (Phi) is 16.7. The first-order valence-electron chi connectivity index (χ1n) is 17.2. The molecule has 0 aliphatic carbocycles. The fraction of sp³-hybridized carbons (Fsp3) is 0.875. The molecule has 0 aromatic carbocycles. The van der Waals surface area contributed by atoms with E-state index < -0.39 is 79.2 Å². The second-order valence-corrected chi connectivity index (χ2v) is 13.0. The van der Waals surface area contributed by atoms with Crippen LogP contribution in [0.2, 0.25) is 0 Å². The van der Waals surface area contributed by atoms with Crippen LogP contribution in [-0.2, 0) is 38.1 Å². The van der Waals surface area contributed by atoms with Crippen LogP contribution in [0.25, 0.3) is 0 Å². The number of Topliss-reactive ketones (excluding diaryl/α,β-unsaturated/α-hetero) is 1. The van der Waals surface area contributed by atoms with Gasteiger partial charge in [-0.05, 0) is 46.5 Å². The maximum atomic E-state index is 13.5. The number of carbonyl (C=O) groups is 4. The van der Waals surface area contributed by atoms with Gasteiger partial charge in [-0.15, -0.1) is 0 Å². The minimum absolute atomic E-state index is 0.000628. The maximum absolute atomic E-state index is 13.5. The zero-order valence-electron chi connectivity index (χ0n) is 28.5. The van der Waals surface area contributed by atoms with E-state index in [9.17, 15) is 49.8 Å². The van der Waals surface area contributed by atoms with E-state index in [1.165, 1.54) is 13.8 Å². The first-order chi connectivity index (χ1) is 23.3. The molecular formula is C32H55N3O14.